The summed E-state index contributed by atoms with van der Waals surface area (Å²) in [5, 5.41) is 10.3. The van der Waals surface area contributed by atoms with Gasteiger partial charge in [0.15, 0.2) is 5.60 Å². The lowest BCUT2D eigenvalue weighted by atomic mass is 9.90. The van der Waals surface area contributed by atoms with E-state index in [9.17, 15) is 5.11 Å². The van der Waals surface area contributed by atoms with Gasteiger partial charge in [-0.1, -0.05) is 36.3 Å². The van der Waals surface area contributed by atoms with Crippen LogP contribution in [0.1, 0.15) is 18.4 Å². The van der Waals surface area contributed by atoms with Crippen molar-refractivity contribution in [1.82, 2.24) is 4.90 Å². The molecule has 16 heavy (non-hydrogen) atoms. The fourth-order valence-corrected chi connectivity index (χ4v) is 1.66. The SMILES string of the molecule is C#CC(O)(CCCN(C)C)c1ccccc1. The third-order valence-corrected chi connectivity index (χ3v) is 2.63. The average molecular weight is 217 g/mol. The lowest BCUT2D eigenvalue weighted by molar-refractivity contribution is 0.0854. The molecule has 0 saturated heterocycles. The largest absolute Gasteiger partial charge is 0.373 e. The van der Waals surface area contributed by atoms with E-state index in [1.165, 1.54) is 0 Å². The molecule has 86 valence electrons. The van der Waals surface area contributed by atoms with Gasteiger partial charge in [-0.2, -0.15) is 0 Å². The predicted molar refractivity (Wildman–Crippen MR) is 67.0 cm³/mol. The van der Waals surface area contributed by atoms with E-state index in [0.717, 1.165) is 18.5 Å². The standard InChI is InChI=1S/C14H19NO/c1-4-14(16,11-8-12-15(2)3)13-9-6-5-7-10-13/h1,5-7,9-10,16H,8,11-12H2,2-3H3. The summed E-state index contributed by atoms with van der Waals surface area (Å²) in [6.07, 6.45) is 6.91. The summed E-state index contributed by atoms with van der Waals surface area (Å²) in [7, 11) is 4.02. The molecule has 2 nitrogen and oxygen atoms in total. The summed E-state index contributed by atoms with van der Waals surface area (Å²) >= 11 is 0. The van der Waals surface area contributed by atoms with Gasteiger partial charge in [-0.3, -0.25) is 0 Å². The molecular weight excluding hydrogens is 198 g/mol. The Kier molecular flexibility index (Phi) is 4.54. The van der Waals surface area contributed by atoms with Crippen LogP contribution in [-0.4, -0.2) is 30.6 Å². The van der Waals surface area contributed by atoms with E-state index in [1.54, 1.807) is 0 Å². The molecule has 0 spiro atoms. The first kappa shape index (κ1) is 12.8. The minimum Gasteiger partial charge on any atom is -0.373 e. The van der Waals surface area contributed by atoms with Crippen LogP contribution >= 0.6 is 0 Å². The molecule has 1 aromatic rings. The highest BCUT2D eigenvalue weighted by atomic mass is 16.3. The van der Waals surface area contributed by atoms with E-state index in [2.05, 4.69) is 10.8 Å². The normalized spacial score (nSPS) is 14.4. The molecule has 0 aliphatic heterocycles. The predicted octanol–water partition coefficient (Wildman–Crippen LogP) is 1.85. The number of terminal acetylenes is 1. The number of aliphatic hydroxyl groups is 1. The minimum atomic E-state index is -1.13. The zero-order valence-electron chi connectivity index (χ0n) is 9.98. The summed E-state index contributed by atoms with van der Waals surface area (Å²) in [5.74, 6) is 2.51. The van der Waals surface area contributed by atoms with Crippen molar-refractivity contribution in [3.8, 4) is 12.3 Å². The van der Waals surface area contributed by atoms with Crippen molar-refractivity contribution >= 4 is 0 Å². The van der Waals surface area contributed by atoms with Crippen LogP contribution in [0.25, 0.3) is 0 Å². The molecule has 0 saturated carbocycles. The Labute approximate surface area is 97.9 Å². The highest BCUT2D eigenvalue weighted by molar-refractivity contribution is 5.30. The Balaban J connectivity index is 2.68. The van der Waals surface area contributed by atoms with Crippen LogP contribution in [0.3, 0.4) is 0 Å². The Morgan fingerprint density at radius 1 is 1.31 bits per heavy atom. The molecule has 0 aliphatic carbocycles. The second kappa shape index (κ2) is 5.69. The van der Waals surface area contributed by atoms with Gasteiger partial charge in [0.25, 0.3) is 0 Å². The van der Waals surface area contributed by atoms with Crippen molar-refractivity contribution in [2.75, 3.05) is 20.6 Å². The van der Waals surface area contributed by atoms with Crippen LogP contribution in [0.5, 0.6) is 0 Å². The van der Waals surface area contributed by atoms with E-state index in [0.29, 0.717) is 6.42 Å². The van der Waals surface area contributed by atoms with Crippen LogP contribution in [0.2, 0.25) is 0 Å². The summed E-state index contributed by atoms with van der Waals surface area (Å²) in [6, 6.07) is 9.44. The average Bonchev–Trinajstić information content (AvgIpc) is 2.29. The van der Waals surface area contributed by atoms with Crippen molar-refractivity contribution in [3.63, 3.8) is 0 Å². The monoisotopic (exact) mass is 217 g/mol. The molecule has 1 unspecified atom stereocenters. The second-order valence-corrected chi connectivity index (χ2v) is 4.28. The van der Waals surface area contributed by atoms with Gasteiger partial charge in [0, 0.05) is 0 Å². The number of benzene rings is 1. The number of rotatable bonds is 5. The van der Waals surface area contributed by atoms with Gasteiger partial charge in [0.2, 0.25) is 0 Å². The zero-order chi connectivity index (χ0) is 12.0. The van der Waals surface area contributed by atoms with Crippen molar-refractivity contribution in [3.05, 3.63) is 35.9 Å². The van der Waals surface area contributed by atoms with Crippen LogP contribution < -0.4 is 0 Å². The molecule has 0 bridgehead atoms. The van der Waals surface area contributed by atoms with Crippen LogP contribution in [0.4, 0.5) is 0 Å². The van der Waals surface area contributed by atoms with Gasteiger partial charge < -0.3 is 10.0 Å². The molecular formula is C14H19NO. The molecule has 0 heterocycles. The van der Waals surface area contributed by atoms with Crippen LogP contribution in [0, 0.1) is 12.3 Å². The molecule has 1 N–H and O–H groups in total. The highest BCUT2D eigenvalue weighted by Crippen LogP contribution is 2.25. The molecule has 1 aromatic carbocycles. The van der Waals surface area contributed by atoms with Gasteiger partial charge in [0.05, 0.1) is 0 Å². The Morgan fingerprint density at radius 2 is 1.94 bits per heavy atom. The lowest BCUT2D eigenvalue weighted by Crippen LogP contribution is -2.25. The van der Waals surface area contributed by atoms with Crippen molar-refractivity contribution in [2.45, 2.75) is 18.4 Å². The Morgan fingerprint density at radius 3 is 2.44 bits per heavy atom. The topological polar surface area (TPSA) is 23.5 Å². The summed E-state index contributed by atoms with van der Waals surface area (Å²) in [6.45, 7) is 0.927. The van der Waals surface area contributed by atoms with E-state index in [1.807, 2.05) is 44.4 Å². The van der Waals surface area contributed by atoms with Crippen LogP contribution in [-0.2, 0) is 5.60 Å². The fraction of sp³-hybridized carbons (Fsp3) is 0.429. The van der Waals surface area contributed by atoms with E-state index < -0.39 is 5.60 Å². The molecule has 0 aliphatic rings. The number of nitrogens with zero attached hydrogens (tertiary/aromatic N) is 1. The molecule has 2 heteroatoms. The lowest BCUT2D eigenvalue weighted by Gasteiger charge is -2.23. The van der Waals surface area contributed by atoms with E-state index in [-0.39, 0.29) is 0 Å². The maximum absolute atomic E-state index is 10.3. The first-order chi connectivity index (χ1) is 7.58. The quantitative estimate of drug-likeness (QED) is 0.761. The van der Waals surface area contributed by atoms with Crippen molar-refractivity contribution in [2.24, 2.45) is 0 Å². The summed E-state index contributed by atoms with van der Waals surface area (Å²) < 4.78 is 0. The van der Waals surface area contributed by atoms with Gasteiger partial charge in [-0.15, -0.1) is 6.42 Å². The third kappa shape index (κ3) is 3.37. The van der Waals surface area contributed by atoms with Gasteiger partial charge in [-0.25, -0.2) is 0 Å². The fourth-order valence-electron chi connectivity index (χ4n) is 1.66. The Bertz CT molecular complexity index is 353. The number of hydrogen-bond acceptors (Lipinski definition) is 2. The van der Waals surface area contributed by atoms with E-state index in [4.69, 9.17) is 6.42 Å². The first-order valence-electron chi connectivity index (χ1n) is 5.49. The maximum atomic E-state index is 10.3. The summed E-state index contributed by atoms with van der Waals surface area (Å²) in [5.41, 5.74) is -0.326. The Hall–Kier alpha value is -1.30. The van der Waals surface area contributed by atoms with Gasteiger partial charge >= 0.3 is 0 Å². The number of hydrogen-bond donors (Lipinski definition) is 1. The third-order valence-electron chi connectivity index (χ3n) is 2.63. The first-order valence-corrected chi connectivity index (χ1v) is 5.49. The van der Waals surface area contributed by atoms with E-state index >= 15 is 0 Å². The van der Waals surface area contributed by atoms with Crippen molar-refractivity contribution in [1.29, 1.82) is 0 Å². The maximum Gasteiger partial charge on any atom is 0.150 e. The van der Waals surface area contributed by atoms with Crippen LogP contribution in [0.15, 0.2) is 30.3 Å². The molecule has 1 atom stereocenters. The smallest absolute Gasteiger partial charge is 0.150 e. The van der Waals surface area contributed by atoms with Gasteiger partial charge in [0.1, 0.15) is 0 Å². The molecule has 0 fully saturated rings. The molecule has 0 amide bonds. The molecule has 0 radical (unpaired) electrons. The molecule has 1 rings (SSSR count). The summed E-state index contributed by atoms with van der Waals surface area (Å²) in [4.78, 5) is 2.09. The minimum absolute atomic E-state index is 0.589. The second-order valence-electron chi connectivity index (χ2n) is 4.28. The highest BCUT2D eigenvalue weighted by Gasteiger charge is 2.25. The zero-order valence-corrected chi connectivity index (χ0v) is 9.98. The molecule has 0 aromatic heterocycles. The van der Waals surface area contributed by atoms with Crippen molar-refractivity contribution < 1.29 is 5.11 Å². The van der Waals surface area contributed by atoms with Gasteiger partial charge in [-0.05, 0) is 39.0 Å².